The molecule has 0 aliphatic rings. The number of carbonyl (C=O) groups is 3. The van der Waals surface area contributed by atoms with Gasteiger partial charge >= 0.3 is 5.97 Å². The zero-order valence-electron chi connectivity index (χ0n) is 11.3. The van der Waals surface area contributed by atoms with Gasteiger partial charge in [-0.05, 0) is 24.6 Å². The highest BCUT2D eigenvalue weighted by Gasteiger charge is 2.06. The predicted octanol–water partition coefficient (Wildman–Crippen LogP) is 1.17. The van der Waals surface area contributed by atoms with Gasteiger partial charge in [0.05, 0.1) is 12.8 Å². The van der Waals surface area contributed by atoms with Crippen molar-refractivity contribution in [2.24, 2.45) is 0 Å². The van der Waals surface area contributed by atoms with E-state index >= 15 is 0 Å². The van der Waals surface area contributed by atoms with Gasteiger partial charge < -0.3 is 15.7 Å². The number of benzene rings is 1. The van der Waals surface area contributed by atoms with Crippen LogP contribution in [-0.2, 0) is 20.8 Å². The Hall–Kier alpha value is -2.37. The first-order valence-corrected chi connectivity index (χ1v) is 6.38. The fourth-order valence-corrected chi connectivity index (χ4v) is 1.59. The van der Waals surface area contributed by atoms with E-state index < -0.39 is 5.97 Å². The molecule has 0 saturated heterocycles. The van der Waals surface area contributed by atoms with Gasteiger partial charge in [0.2, 0.25) is 11.8 Å². The second kappa shape index (κ2) is 7.93. The maximum absolute atomic E-state index is 11.4. The molecule has 0 spiro atoms. The lowest BCUT2D eigenvalue weighted by Gasteiger charge is -2.06. The summed E-state index contributed by atoms with van der Waals surface area (Å²) in [6.45, 7) is 2.45. The summed E-state index contributed by atoms with van der Waals surface area (Å²) < 4.78 is 0. The van der Waals surface area contributed by atoms with Crippen molar-refractivity contribution >= 4 is 23.5 Å². The van der Waals surface area contributed by atoms with Gasteiger partial charge in [-0.1, -0.05) is 12.1 Å². The third-order valence-corrected chi connectivity index (χ3v) is 2.54. The maximum atomic E-state index is 11.4. The molecule has 6 nitrogen and oxygen atoms in total. The standard InChI is InChI=1S/C14H18N2O4/c1-2-15-13(18)9-10-3-5-11(6-4-10)16-12(17)7-8-14(19)20/h3-6H,2,7-9H2,1H3,(H,15,18)(H,16,17)(H,19,20). The van der Waals surface area contributed by atoms with Crippen molar-refractivity contribution in [3.8, 4) is 0 Å². The summed E-state index contributed by atoms with van der Waals surface area (Å²) in [5, 5.41) is 13.8. The molecule has 0 heterocycles. The number of aliphatic carboxylic acids is 1. The Morgan fingerprint density at radius 1 is 1.05 bits per heavy atom. The van der Waals surface area contributed by atoms with Gasteiger partial charge in [0.25, 0.3) is 0 Å². The Morgan fingerprint density at radius 2 is 1.70 bits per heavy atom. The molecule has 6 heteroatoms. The molecule has 0 bridgehead atoms. The van der Waals surface area contributed by atoms with Crippen LogP contribution in [0, 0.1) is 0 Å². The van der Waals surface area contributed by atoms with Gasteiger partial charge in [-0.3, -0.25) is 14.4 Å². The first-order valence-electron chi connectivity index (χ1n) is 6.38. The number of amides is 2. The van der Waals surface area contributed by atoms with Gasteiger partial charge in [-0.25, -0.2) is 0 Å². The molecule has 0 aliphatic heterocycles. The number of carbonyl (C=O) groups excluding carboxylic acids is 2. The molecule has 1 rings (SSSR count). The molecule has 0 aliphatic carbocycles. The molecule has 3 N–H and O–H groups in total. The second-order valence-corrected chi connectivity index (χ2v) is 4.27. The Bertz CT molecular complexity index is 482. The highest BCUT2D eigenvalue weighted by atomic mass is 16.4. The normalized spacial score (nSPS) is 9.85. The largest absolute Gasteiger partial charge is 0.481 e. The van der Waals surface area contributed by atoms with Gasteiger partial charge in [-0.2, -0.15) is 0 Å². The Balaban J connectivity index is 2.47. The average molecular weight is 278 g/mol. The summed E-state index contributed by atoms with van der Waals surface area (Å²) in [4.78, 5) is 33.2. The van der Waals surface area contributed by atoms with Crippen LogP contribution in [0.4, 0.5) is 5.69 Å². The van der Waals surface area contributed by atoms with E-state index in [1.165, 1.54) is 0 Å². The summed E-state index contributed by atoms with van der Waals surface area (Å²) >= 11 is 0. The molecule has 0 saturated carbocycles. The minimum absolute atomic E-state index is 0.0502. The van der Waals surface area contributed by atoms with Crippen LogP contribution in [0.1, 0.15) is 25.3 Å². The molecule has 108 valence electrons. The lowest BCUT2D eigenvalue weighted by molar-refractivity contribution is -0.138. The van der Waals surface area contributed by atoms with Crippen LogP contribution in [-0.4, -0.2) is 29.4 Å². The number of nitrogens with one attached hydrogen (secondary N) is 2. The van der Waals surface area contributed by atoms with Crippen LogP contribution in [0.15, 0.2) is 24.3 Å². The van der Waals surface area contributed by atoms with E-state index in [9.17, 15) is 14.4 Å². The predicted molar refractivity (Wildman–Crippen MR) is 74.3 cm³/mol. The molecule has 20 heavy (non-hydrogen) atoms. The molecule has 1 aromatic rings. The highest BCUT2D eigenvalue weighted by molar-refractivity contribution is 5.92. The number of carboxylic acids is 1. The molecule has 0 radical (unpaired) electrons. The van der Waals surface area contributed by atoms with Crippen LogP contribution in [0.3, 0.4) is 0 Å². The second-order valence-electron chi connectivity index (χ2n) is 4.27. The highest BCUT2D eigenvalue weighted by Crippen LogP contribution is 2.10. The van der Waals surface area contributed by atoms with Crippen molar-refractivity contribution in [2.45, 2.75) is 26.2 Å². The molecule has 1 aromatic carbocycles. The van der Waals surface area contributed by atoms with Crippen molar-refractivity contribution in [2.75, 3.05) is 11.9 Å². The number of likely N-dealkylation sites (N-methyl/N-ethyl adjacent to an activating group) is 1. The van der Waals surface area contributed by atoms with Crippen LogP contribution < -0.4 is 10.6 Å². The molecule has 0 atom stereocenters. The monoisotopic (exact) mass is 278 g/mol. The molecule has 0 aromatic heterocycles. The lowest BCUT2D eigenvalue weighted by atomic mass is 10.1. The van der Waals surface area contributed by atoms with Crippen LogP contribution in [0.5, 0.6) is 0 Å². The van der Waals surface area contributed by atoms with Crippen LogP contribution in [0.2, 0.25) is 0 Å². The van der Waals surface area contributed by atoms with E-state index in [-0.39, 0.29) is 24.7 Å². The van der Waals surface area contributed by atoms with E-state index in [1.807, 2.05) is 6.92 Å². The van der Waals surface area contributed by atoms with E-state index in [2.05, 4.69) is 10.6 Å². The number of hydrogen-bond acceptors (Lipinski definition) is 3. The summed E-state index contributed by atoms with van der Waals surface area (Å²) in [6.07, 6.45) is 0.0399. The average Bonchev–Trinajstić information content (AvgIpc) is 2.39. The van der Waals surface area contributed by atoms with Crippen molar-refractivity contribution in [1.82, 2.24) is 5.32 Å². The molecular weight excluding hydrogens is 260 g/mol. The fourth-order valence-electron chi connectivity index (χ4n) is 1.59. The van der Waals surface area contributed by atoms with Crippen LogP contribution >= 0.6 is 0 Å². The lowest BCUT2D eigenvalue weighted by Crippen LogP contribution is -2.24. The zero-order valence-corrected chi connectivity index (χ0v) is 11.3. The maximum Gasteiger partial charge on any atom is 0.303 e. The summed E-state index contributed by atoms with van der Waals surface area (Å²) in [5.74, 6) is -1.40. The molecular formula is C14H18N2O4. The van der Waals surface area contributed by atoms with Gasteiger partial charge in [0.1, 0.15) is 0 Å². The number of rotatable bonds is 7. The van der Waals surface area contributed by atoms with Gasteiger partial charge in [-0.15, -0.1) is 0 Å². The summed E-state index contributed by atoms with van der Waals surface area (Å²) in [7, 11) is 0. The summed E-state index contributed by atoms with van der Waals surface area (Å²) in [5.41, 5.74) is 1.43. The fraction of sp³-hybridized carbons (Fsp3) is 0.357. The first kappa shape index (κ1) is 15.7. The van der Waals surface area contributed by atoms with Crippen LogP contribution in [0.25, 0.3) is 0 Å². The summed E-state index contributed by atoms with van der Waals surface area (Å²) in [6, 6.07) is 6.88. The van der Waals surface area contributed by atoms with Gasteiger partial charge in [0.15, 0.2) is 0 Å². The number of hydrogen-bond donors (Lipinski definition) is 3. The SMILES string of the molecule is CCNC(=O)Cc1ccc(NC(=O)CCC(=O)O)cc1. The first-order chi connectivity index (χ1) is 9.51. The minimum atomic E-state index is -1.00. The van der Waals surface area contributed by atoms with E-state index in [4.69, 9.17) is 5.11 Å². The molecule has 0 fully saturated rings. The van der Waals surface area contributed by atoms with Crippen molar-refractivity contribution in [3.63, 3.8) is 0 Å². The molecule has 2 amide bonds. The topological polar surface area (TPSA) is 95.5 Å². The van der Waals surface area contributed by atoms with E-state index in [1.54, 1.807) is 24.3 Å². The quantitative estimate of drug-likeness (QED) is 0.697. The Kier molecular flexibility index (Phi) is 6.22. The van der Waals surface area contributed by atoms with E-state index in [0.29, 0.717) is 18.7 Å². The van der Waals surface area contributed by atoms with Gasteiger partial charge in [0, 0.05) is 18.7 Å². The third-order valence-electron chi connectivity index (χ3n) is 2.54. The third kappa shape index (κ3) is 5.99. The minimum Gasteiger partial charge on any atom is -0.481 e. The Morgan fingerprint density at radius 3 is 2.25 bits per heavy atom. The zero-order chi connectivity index (χ0) is 15.0. The number of carboxylic acid groups (broad SMARTS) is 1. The Labute approximate surface area is 117 Å². The van der Waals surface area contributed by atoms with Crippen molar-refractivity contribution in [3.05, 3.63) is 29.8 Å². The number of anilines is 1. The van der Waals surface area contributed by atoms with Crippen molar-refractivity contribution in [1.29, 1.82) is 0 Å². The van der Waals surface area contributed by atoms with Crippen molar-refractivity contribution < 1.29 is 19.5 Å². The molecule has 0 unspecified atom stereocenters. The smallest absolute Gasteiger partial charge is 0.303 e. The van der Waals surface area contributed by atoms with E-state index in [0.717, 1.165) is 5.56 Å².